The summed E-state index contributed by atoms with van der Waals surface area (Å²) in [4.78, 5) is 0. The quantitative estimate of drug-likeness (QED) is 0.697. The first kappa shape index (κ1) is 10.2. The number of nitrogens with one attached hydrogen (secondary N) is 1. The van der Waals surface area contributed by atoms with E-state index in [0.29, 0.717) is 6.54 Å². The summed E-state index contributed by atoms with van der Waals surface area (Å²) >= 11 is 0. The molecule has 1 aromatic heterocycles. The SMILES string of the molecule is CCNC(CN)c1cnn(CC)c1. The Balaban J connectivity index is 2.67. The molecule has 0 aromatic carbocycles. The lowest BCUT2D eigenvalue weighted by Gasteiger charge is -2.12. The van der Waals surface area contributed by atoms with Crippen LogP contribution in [-0.4, -0.2) is 22.9 Å². The van der Waals surface area contributed by atoms with E-state index in [0.717, 1.165) is 13.1 Å². The molecule has 0 fully saturated rings. The van der Waals surface area contributed by atoms with Crippen LogP contribution in [0.5, 0.6) is 0 Å². The number of nitrogens with zero attached hydrogens (tertiary/aromatic N) is 2. The van der Waals surface area contributed by atoms with Crippen LogP contribution >= 0.6 is 0 Å². The molecule has 0 aliphatic heterocycles. The molecule has 1 aromatic rings. The summed E-state index contributed by atoms with van der Waals surface area (Å²) in [5.41, 5.74) is 6.81. The zero-order valence-electron chi connectivity index (χ0n) is 8.33. The van der Waals surface area contributed by atoms with Crippen molar-refractivity contribution in [3.8, 4) is 0 Å². The Labute approximate surface area is 79.1 Å². The van der Waals surface area contributed by atoms with Gasteiger partial charge in [0.2, 0.25) is 0 Å². The Hall–Kier alpha value is -0.870. The van der Waals surface area contributed by atoms with Crippen molar-refractivity contribution in [2.45, 2.75) is 26.4 Å². The average molecular weight is 182 g/mol. The van der Waals surface area contributed by atoms with Crippen LogP contribution in [0.3, 0.4) is 0 Å². The summed E-state index contributed by atoms with van der Waals surface area (Å²) in [5.74, 6) is 0. The highest BCUT2D eigenvalue weighted by Crippen LogP contribution is 2.09. The first-order chi connectivity index (χ1) is 6.31. The maximum Gasteiger partial charge on any atom is 0.0538 e. The van der Waals surface area contributed by atoms with Crippen molar-refractivity contribution in [1.29, 1.82) is 0 Å². The number of rotatable bonds is 5. The molecular weight excluding hydrogens is 164 g/mol. The predicted octanol–water partition coefficient (Wildman–Crippen LogP) is 0.512. The molecular formula is C9H18N4. The summed E-state index contributed by atoms with van der Waals surface area (Å²) in [7, 11) is 0. The minimum Gasteiger partial charge on any atom is -0.329 e. The molecule has 74 valence electrons. The lowest BCUT2D eigenvalue weighted by molar-refractivity contribution is 0.560. The van der Waals surface area contributed by atoms with Gasteiger partial charge in [-0.25, -0.2) is 0 Å². The first-order valence-electron chi connectivity index (χ1n) is 4.77. The number of aromatic nitrogens is 2. The Morgan fingerprint density at radius 3 is 2.85 bits per heavy atom. The van der Waals surface area contributed by atoms with Gasteiger partial charge in [-0.15, -0.1) is 0 Å². The summed E-state index contributed by atoms with van der Waals surface area (Å²) < 4.78 is 1.91. The van der Waals surface area contributed by atoms with Gasteiger partial charge >= 0.3 is 0 Å². The summed E-state index contributed by atoms with van der Waals surface area (Å²) in [6, 6.07) is 0.241. The lowest BCUT2D eigenvalue weighted by Crippen LogP contribution is -2.27. The number of hydrogen-bond donors (Lipinski definition) is 2. The Kier molecular flexibility index (Phi) is 3.92. The summed E-state index contributed by atoms with van der Waals surface area (Å²) in [5, 5.41) is 7.51. The van der Waals surface area contributed by atoms with E-state index in [4.69, 9.17) is 5.73 Å². The van der Waals surface area contributed by atoms with Crippen LogP contribution in [0.2, 0.25) is 0 Å². The number of aryl methyl sites for hydroxylation is 1. The van der Waals surface area contributed by atoms with Gasteiger partial charge in [0.15, 0.2) is 0 Å². The number of nitrogens with two attached hydrogens (primary N) is 1. The van der Waals surface area contributed by atoms with Crippen molar-refractivity contribution >= 4 is 0 Å². The molecule has 1 unspecified atom stereocenters. The molecule has 0 amide bonds. The van der Waals surface area contributed by atoms with Gasteiger partial charge in [0.25, 0.3) is 0 Å². The van der Waals surface area contributed by atoms with Crippen LogP contribution in [-0.2, 0) is 6.54 Å². The standard InChI is InChI=1S/C9H18N4/c1-3-11-9(5-10)8-6-12-13(4-2)7-8/h6-7,9,11H,3-5,10H2,1-2H3. The van der Waals surface area contributed by atoms with E-state index in [1.54, 1.807) is 0 Å². The van der Waals surface area contributed by atoms with E-state index < -0.39 is 0 Å². The molecule has 1 rings (SSSR count). The Morgan fingerprint density at radius 1 is 1.62 bits per heavy atom. The molecule has 1 heterocycles. The monoisotopic (exact) mass is 182 g/mol. The van der Waals surface area contributed by atoms with Crippen molar-refractivity contribution in [2.75, 3.05) is 13.1 Å². The first-order valence-corrected chi connectivity index (χ1v) is 4.77. The van der Waals surface area contributed by atoms with E-state index in [1.165, 1.54) is 5.56 Å². The van der Waals surface area contributed by atoms with Gasteiger partial charge in [0.05, 0.1) is 6.20 Å². The molecule has 0 bridgehead atoms. The maximum absolute atomic E-state index is 5.64. The lowest BCUT2D eigenvalue weighted by atomic mass is 10.1. The smallest absolute Gasteiger partial charge is 0.0538 e. The van der Waals surface area contributed by atoms with Crippen LogP contribution < -0.4 is 11.1 Å². The number of hydrogen-bond acceptors (Lipinski definition) is 3. The number of likely N-dealkylation sites (N-methyl/N-ethyl adjacent to an activating group) is 1. The third-order valence-corrected chi connectivity index (χ3v) is 2.07. The molecule has 1 atom stereocenters. The third-order valence-electron chi connectivity index (χ3n) is 2.07. The maximum atomic E-state index is 5.64. The normalized spacial score (nSPS) is 13.2. The van der Waals surface area contributed by atoms with Gasteiger partial charge in [-0.3, -0.25) is 4.68 Å². The fourth-order valence-electron chi connectivity index (χ4n) is 1.32. The summed E-state index contributed by atoms with van der Waals surface area (Å²) in [6.07, 6.45) is 3.92. The van der Waals surface area contributed by atoms with E-state index in [2.05, 4.69) is 24.3 Å². The molecule has 0 saturated carbocycles. The third kappa shape index (κ3) is 2.54. The average Bonchev–Trinajstić information content (AvgIpc) is 2.62. The van der Waals surface area contributed by atoms with Crippen molar-refractivity contribution in [1.82, 2.24) is 15.1 Å². The molecule has 0 saturated heterocycles. The van der Waals surface area contributed by atoms with E-state index in [-0.39, 0.29) is 6.04 Å². The van der Waals surface area contributed by atoms with Gasteiger partial charge in [-0.1, -0.05) is 6.92 Å². The highest BCUT2D eigenvalue weighted by atomic mass is 15.3. The summed E-state index contributed by atoms with van der Waals surface area (Å²) in [6.45, 7) is 6.60. The molecule has 13 heavy (non-hydrogen) atoms. The van der Waals surface area contributed by atoms with Gasteiger partial charge in [0.1, 0.15) is 0 Å². The van der Waals surface area contributed by atoms with Crippen molar-refractivity contribution in [3.63, 3.8) is 0 Å². The van der Waals surface area contributed by atoms with Crippen LogP contribution in [0, 0.1) is 0 Å². The van der Waals surface area contributed by atoms with Gasteiger partial charge in [-0.05, 0) is 13.5 Å². The largest absolute Gasteiger partial charge is 0.329 e. The fraction of sp³-hybridized carbons (Fsp3) is 0.667. The van der Waals surface area contributed by atoms with Gasteiger partial charge in [0, 0.05) is 30.9 Å². The minimum absolute atomic E-state index is 0.241. The molecule has 4 nitrogen and oxygen atoms in total. The van der Waals surface area contributed by atoms with Crippen LogP contribution in [0.15, 0.2) is 12.4 Å². The van der Waals surface area contributed by atoms with Crippen molar-refractivity contribution in [3.05, 3.63) is 18.0 Å². The van der Waals surface area contributed by atoms with E-state index in [1.807, 2.05) is 17.1 Å². The molecule has 4 heteroatoms. The molecule has 0 spiro atoms. The highest BCUT2D eigenvalue weighted by molar-refractivity contribution is 5.10. The van der Waals surface area contributed by atoms with Gasteiger partial charge in [-0.2, -0.15) is 5.10 Å². The topological polar surface area (TPSA) is 55.9 Å². The minimum atomic E-state index is 0.241. The Morgan fingerprint density at radius 2 is 2.38 bits per heavy atom. The second-order valence-corrected chi connectivity index (χ2v) is 2.98. The van der Waals surface area contributed by atoms with E-state index in [9.17, 15) is 0 Å². The molecule has 0 aliphatic carbocycles. The second kappa shape index (κ2) is 4.99. The van der Waals surface area contributed by atoms with Crippen LogP contribution in [0.4, 0.5) is 0 Å². The van der Waals surface area contributed by atoms with E-state index >= 15 is 0 Å². The zero-order chi connectivity index (χ0) is 9.68. The predicted molar refractivity (Wildman–Crippen MR) is 53.4 cm³/mol. The van der Waals surface area contributed by atoms with Crippen LogP contribution in [0.1, 0.15) is 25.5 Å². The van der Waals surface area contributed by atoms with Crippen LogP contribution in [0.25, 0.3) is 0 Å². The highest BCUT2D eigenvalue weighted by Gasteiger charge is 2.09. The van der Waals surface area contributed by atoms with Gasteiger partial charge < -0.3 is 11.1 Å². The molecule has 0 radical (unpaired) electrons. The molecule has 0 aliphatic rings. The fourth-order valence-corrected chi connectivity index (χ4v) is 1.32. The zero-order valence-corrected chi connectivity index (χ0v) is 8.33. The van der Waals surface area contributed by atoms with Crippen molar-refractivity contribution < 1.29 is 0 Å². The van der Waals surface area contributed by atoms with Crippen molar-refractivity contribution in [2.24, 2.45) is 5.73 Å². The Bertz CT molecular complexity index is 244. The molecule has 3 N–H and O–H groups in total. The second-order valence-electron chi connectivity index (χ2n) is 2.98.